The van der Waals surface area contributed by atoms with Gasteiger partial charge in [0.2, 0.25) is 0 Å². The lowest BCUT2D eigenvalue weighted by Crippen LogP contribution is -2.39. The standard InChI is InChI=1S/C20H25N3O/c1-21-20(22-13-8-14-24-17-11-6-3-7-12-17)23-19-15-18(19)16-9-4-2-5-10-16/h2-7,9-12,18-19H,8,13-15H2,1H3,(H2,21,22,23). The maximum atomic E-state index is 5.69. The average molecular weight is 323 g/mol. The molecule has 2 N–H and O–H groups in total. The first-order valence-corrected chi connectivity index (χ1v) is 8.57. The monoisotopic (exact) mass is 323 g/mol. The molecule has 0 bridgehead atoms. The van der Waals surface area contributed by atoms with Gasteiger partial charge in [-0.3, -0.25) is 4.99 Å². The Balaban J connectivity index is 1.33. The van der Waals surface area contributed by atoms with E-state index in [0.717, 1.165) is 24.7 Å². The molecule has 2 aromatic rings. The first kappa shape index (κ1) is 16.4. The molecule has 1 saturated carbocycles. The summed E-state index contributed by atoms with van der Waals surface area (Å²) in [5.74, 6) is 2.40. The van der Waals surface area contributed by atoms with Gasteiger partial charge >= 0.3 is 0 Å². The predicted octanol–water partition coefficient (Wildman–Crippen LogP) is 3.18. The van der Waals surface area contributed by atoms with Crippen molar-refractivity contribution >= 4 is 5.96 Å². The maximum absolute atomic E-state index is 5.69. The third-order valence-electron chi connectivity index (χ3n) is 4.19. The van der Waals surface area contributed by atoms with E-state index in [1.807, 2.05) is 37.4 Å². The van der Waals surface area contributed by atoms with Crippen LogP contribution >= 0.6 is 0 Å². The summed E-state index contributed by atoms with van der Waals surface area (Å²) in [5.41, 5.74) is 1.40. The van der Waals surface area contributed by atoms with E-state index in [0.29, 0.717) is 18.6 Å². The van der Waals surface area contributed by atoms with Gasteiger partial charge in [-0.1, -0.05) is 48.5 Å². The highest BCUT2D eigenvalue weighted by atomic mass is 16.5. The molecular formula is C20H25N3O. The zero-order chi connectivity index (χ0) is 16.6. The van der Waals surface area contributed by atoms with Gasteiger partial charge in [0.1, 0.15) is 5.75 Å². The van der Waals surface area contributed by atoms with Gasteiger partial charge in [0, 0.05) is 25.6 Å². The fourth-order valence-corrected chi connectivity index (χ4v) is 2.78. The number of benzene rings is 2. The van der Waals surface area contributed by atoms with Crippen LogP contribution in [0.25, 0.3) is 0 Å². The quantitative estimate of drug-likeness (QED) is 0.467. The highest BCUT2D eigenvalue weighted by Crippen LogP contribution is 2.40. The molecule has 4 nitrogen and oxygen atoms in total. The number of ether oxygens (including phenoxy) is 1. The molecule has 0 aliphatic heterocycles. The van der Waals surface area contributed by atoms with Gasteiger partial charge in [-0.25, -0.2) is 0 Å². The highest BCUT2D eigenvalue weighted by molar-refractivity contribution is 5.80. The Labute approximate surface area is 144 Å². The zero-order valence-corrected chi connectivity index (χ0v) is 14.1. The van der Waals surface area contributed by atoms with Crippen molar-refractivity contribution in [1.29, 1.82) is 0 Å². The molecule has 126 valence electrons. The number of para-hydroxylation sites is 1. The third kappa shape index (κ3) is 4.75. The van der Waals surface area contributed by atoms with E-state index in [4.69, 9.17) is 4.74 Å². The molecule has 0 radical (unpaired) electrons. The second kappa shape index (κ2) is 8.39. The molecular weight excluding hydrogens is 298 g/mol. The van der Waals surface area contributed by atoms with Gasteiger partial charge in [-0.15, -0.1) is 0 Å². The van der Waals surface area contributed by atoms with Crippen molar-refractivity contribution in [3.63, 3.8) is 0 Å². The number of aliphatic imine (C=N–C) groups is 1. The minimum absolute atomic E-state index is 0.485. The minimum atomic E-state index is 0.485. The fraction of sp³-hybridized carbons (Fsp3) is 0.350. The molecule has 1 fully saturated rings. The normalized spacial score (nSPS) is 19.6. The van der Waals surface area contributed by atoms with Crippen LogP contribution in [0.2, 0.25) is 0 Å². The second-order valence-corrected chi connectivity index (χ2v) is 6.02. The Hall–Kier alpha value is -2.49. The van der Waals surface area contributed by atoms with E-state index >= 15 is 0 Å². The molecule has 1 aliphatic rings. The fourth-order valence-electron chi connectivity index (χ4n) is 2.78. The summed E-state index contributed by atoms with van der Waals surface area (Å²) in [6.45, 7) is 1.54. The van der Waals surface area contributed by atoms with Crippen LogP contribution in [0.4, 0.5) is 0 Å². The lowest BCUT2D eigenvalue weighted by molar-refractivity contribution is 0.311. The molecule has 0 aromatic heterocycles. The number of hydrogen-bond acceptors (Lipinski definition) is 2. The van der Waals surface area contributed by atoms with Gasteiger partial charge in [0.25, 0.3) is 0 Å². The summed E-state index contributed by atoms with van der Waals surface area (Å²) < 4.78 is 5.69. The van der Waals surface area contributed by atoms with Crippen molar-refractivity contribution in [3.8, 4) is 5.75 Å². The van der Waals surface area contributed by atoms with Crippen LogP contribution in [0.1, 0.15) is 24.3 Å². The summed E-state index contributed by atoms with van der Waals surface area (Å²) in [6.07, 6.45) is 2.10. The van der Waals surface area contributed by atoms with Crippen LogP contribution in [0.3, 0.4) is 0 Å². The average Bonchev–Trinajstić information content (AvgIpc) is 3.41. The topological polar surface area (TPSA) is 45.7 Å². The van der Waals surface area contributed by atoms with E-state index < -0.39 is 0 Å². The molecule has 24 heavy (non-hydrogen) atoms. The summed E-state index contributed by atoms with van der Waals surface area (Å²) >= 11 is 0. The molecule has 0 spiro atoms. The Morgan fingerprint density at radius 1 is 1.08 bits per heavy atom. The van der Waals surface area contributed by atoms with E-state index in [1.165, 1.54) is 12.0 Å². The SMILES string of the molecule is CN=C(NCCCOc1ccccc1)NC1CC1c1ccccc1. The Kier molecular flexibility index (Phi) is 5.72. The maximum Gasteiger partial charge on any atom is 0.191 e. The van der Waals surface area contributed by atoms with Gasteiger partial charge in [-0.05, 0) is 30.5 Å². The van der Waals surface area contributed by atoms with Crippen molar-refractivity contribution in [2.75, 3.05) is 20.2 Å². The van der Waals surface area contributed by atoms with E-state index in [1.54, 1.807) is 0 Å². The summed E-state index contributed by atoms with van der Waals surface area (Å²) in [5, 5.41) is 6.85. The first-order valence-electron chi connectivity index (χ1n) is 8.57. The molecule has 0 amide bonds. The molecule has 0 heterocycles. The lowest BCUT2D eigenvalue weighted by atomic mass is 10.1. The molecule has 4 heteroatoms. The molecule has 1 aliphatic carbocycles. The Morgan fingerprint density at radius 2 is 1.79 bits per heavy atom. The van der Waals surface area contributed by atoms with Crippen LogP contribution in [-0.2, 0) is 0 Å². The third-order valence-corrected chi connectivity index (χ3v) is 4.19. The minimum Gasteiger partial charge on any atom is -0.494 e. The number of nitrogens with zero attached hydrogens (tertiary/aromatic N) is 1. The van der Waals surface area contributed by atoms with E-state index in [-0.39, 0.29) is 0 Å². The number of nitrogens with one attached hydrogen (secondary N) is 2. The second-order valence-electron chi connectivity index (χ2n) is 6.02. The Bertz CT molecular complexity index is 642. The van der Waals surface area contributed by atoms with Crippen molar-refractivity contribution in [2.24, 2.45) is 4.99 Å². The van der Waals surface area contributed by atoms with Crippen LogP contribution in [0.5, 0.6) is 5.75 Å². The van der Waals surface area contributed by atoms with Gasteiger partial charge < -0.3 is 15.4 Å². The van der Waals surface area contributed by atoms with Crippen molar-refractivity contribution in [1.82, 2.24) is 10.6 Å². The van der Waals surface area contributed by atoms with Gasteiger partial charge in [-0.2, -0.15) is 0 Å². The number of hydrogen-bond donors (Lipinski definition) is 2. The zero-order valence-electron chi connectivity index (χ0n) is 14.1. The predicted molar refractivity (Wildman–Crippen MR) is 98.6 cm³/mol. The summed E-state index contributed by atoms with van der Waals surface area (Å²) in [6, 6.07) is 21.1. The molecule has 2 unspecified atom stereocenters. The smallest absolute Gasteiger partial charge is 0.191 e. The van der Waals surface area contributed by atoms with Crippen molar-refractivity contribution < 1.29 is 4.74 Å². The van der Waals surface area contributed by atoms with Crippen LogP contribution in [-0.4, -0.2) is 32.2 Å². The van der Waals surface area contributed by atoms with Crippen molar-refractivity contribution in [2.45, 2.75) is 24.8 Å². The lowest BCUT2D eigenvalue weighted by Gasteiger charge is -2.12. The van der Waals surface area contributed by atoms with Gasteiger partial charge in [0.05, 0.1) is 6.61 Å². The van der Waals surface area contributed by atoms with Crippen LogP contribution < -0.4 is 15.4 Å². The van der Waals surface area contributed by atoms with Crippen LogP contribution in [0, 0.1) is 0 Å². The summed E-state index contributed by atoms with van der Waals surface area (Å²) in [4.78, 5) is 4.31. The highest BCUT2D eigenvalue weighted by Gasteiger charge is 2.38. The molecule has 3 rings (SSSR count). The first-order chi connectivity index (χ1) is 11.9. The van der Waals surface area contributed by atoms with E-state index in [2.05, 4.69) is 46.0 Å². The van der Waals surface area contributed by atoms with E-state index in [9.17, 15) is 0 Å². The molecule has 0 saturated heterocycles. The number of guanidine groups is 1. The molecule has 2 aromatic carbocycles. The largest absolute Gasteiger partial charge is 0.494 e. The van der Waals surface area contributed by atoms with Crippen molar-refractivity contribution in [3.05, 3.63) is 66.2 Å². The summed E-state index contributed by atoms with van der Waals surface area (Å²) in [7, 11) is 1.82. The van der Waals surface area contributed by atoms with Crippen LogP contribution in [0.15, 0.2) is 65.7 Å². The molecule has 2 atom stereocenters. The number of rotatable bonds is 7. The van der Waals surface area contributed by atoms with Gasteiger partial charge in [0.15, 0.2) is 5.96 Å². The Morgan fingerprint density at radius 3 is 2.50 bits per heavy atom.